The summed E-state index contributed by atoms with van der Waals surface area (Å²) in [7, 11) is 0. The molecule has 0 spiro atoms. The van der Waals surface area contributed by atoms with Crippen LogP contribution >= 0.6 is 0 Å². The van der Waals surface area contributed by atoms with Crippen molar-refractivity contribution in [2.75, 3.05) is 6.61 Å². The highest BCUT2D eigenvalue weighted by molar-refractivity contribution is 5.90. The summed E-state index contributed by atoms with van der Waals surface area (Å²) < 4.78 is 1.99. The van der Waals surface area contributed by atoms with E-state index in [0.717, 1.165) is 17.8 Å². The molecule has 36 heavy (non-hydrogen) atoms. The van der Waals surface area contributed by atoms with Crippen molar-refractivity contribution in [2.24, 2.45) is 34.5 Å². The van der Waals surface area contributed by atoms with E-state index in [1.54, 1.807) is 0 Å². The average molecular weight is 489 g/mol. The topological polar surface area (TPSA) is 95.6 Å². The molecular weight excluding hydrogens is 452 g/mol. The van der Waals surface area contributed by atoms with Gasteiger partial charge in [0.05, 0.1) is 23.7 Å². The van der Waals surface area contributed by atoms with Crippen molar-refractivity contribution >= 4 is 11.9 Å². The predicted octanol–water partition coefficient (Wildman–Crippen LogP) is 3.73. The quantitative estimate of drug-likeness (QED) is 0.612. The number of carbonyl (C=O) groups excluding carboxylic acids is 1. The van der Waals surface area contributed by atoms with Gasteiger partial charge in [-0.25, -0.2) is 4.68 Å². The summed E-state index contributed by atoms with van der Waals surface area (Å²) >= 11 is 0. The molecule has 0 radical (unpaired) electrons. The van der Waals surface area contributed by atoms with Crippen LogP contribution in [0.15, 0.2) is 53.8 Å². The van der Waals surface area contributed by atoms with E-state index in [0.29, 0.717) is 12.8 Å². The number of hydrogen-bond donors (Lipinski definition) is 3. The van der Waals surface area contributed by atoms with Crippen LogP contribution in [-0.2, 0) is 11.2 Å². The van der Waals surface area contributed by atoms with E-state index in [1.165, 1.54) is 16.7 Å². The van der Waals surface area contributed by atoms with E-state index < -0.39 is 29.5 Å². The second kappa shape index (κ2) is 7.73. The molecule has 6 rings (SSSR count). The first-order valence-electron chi connectivity index (χ1n) is 13.1. The second-order valence-electron chi connectivity index (χ2n) is 12.2. The van der Waals surface area contributed by atoms with Crippen LogP contribution in [0.5, 0.6) is 0 Å². The summed E-state index contributed by atoms with van der Waals surface area (Å²) in [6.45, 7) is 7.60. The Bertz CT molecular complexity index is 1300. The van der Waals surface area contributed by atoms with E-state index in [2.05, 4.69) is 38.1 Å². The lowest BCUT2D eigenvalue weighted by molar-refractivity contribution is -0.179. The number of aliphatic hydroxyl groups is 3. The number of allylic oxidation sites excluding steroid dienone is 3. The number of nitrogens with zero attached hydrogens (tertiary/aromatic N) is 2. The maximum Gasteiger partial charge on any atom is 0.190 e. The van der Waals surface area contributed by atoms with Gasteiger partial charge in [0, 0.05) is 16.7 Å². The number of Topliss-reactive ketones (excluding diaryl/α,β-unsaturated/α-hetero) is 1. The molecule has 3 N–H and O–H groups in total. The maximum atomic E-state index is 12.9. The highest BCUT2D eigenvalue weighted by atomic mass is 16.3. The van der Waals surface area contributed by atoms with Gasteiger partial charge < -0.3 is 15.3 Å². The smallest absolute Gasteiger partial charge is 0.190 e. The summed E-state index contributed by atoms with van der Waals surface area (Å²) in [4.78, 5) is 12.9. The fraction of sp³-hybridized carbons (Fsp3) is 0.533. The molecule has 0 amide bonds. The van der Waals surface area contributed by atoms with Gasteiger partial charge in [0.1, 0.15) is 12.2 Å². The zero-order valence-corrected chi connectivity index (χ0v) is 21.5. The first kappa shape index (κ1) is 23.8. The minimum absolute atomic E-state index is 0.0301. The summed E-state index contributed by atoms with van der Waals surface area (Å²) in [5, 5.41) is 37.9. The van der Waals surface area contributed by atoms with Gasteiger partial charge in [-0.15, -0.1) is 0 Å². The molecule has 2 saturated carbocycles. The molecule has 1 aromatic carbocycles. The van der Waals surface area contributed by atoms with Crippen molar-refractivity contribution in [1.82, 2.24) is 9.78 Å². The number of carbonyl (C=O) groups is 1. The molecule has 8 atom stereocenters. The molecule has 0 aliphatic heterocycles. The largest absolute Gasteiger partial charge is 0.393 e. The summed E-state index contributed by atoms with van der Waals surface area (Å²) in [5.41, 5.74) is 3.01. The lowest BCUT2D eigenvalue weighted by Gasteiger charge is -2.59. The number of hydrogen-bond acceptors (Lipinski definition) is 5. The van der Waals surface area contributed by atoms with Crippen molar-refractivity contribution in [2.45, 2.75) is 58.7 Å². The first-order valence-corrected chi connectivity index (χ1v) is 13.1. The number of ketones is 1. The van der Waals surface area contributed by atoms with Crippen LogP contribution in [0.1, 0.15) is 51.8 Å². The maximum absolute atomic E-state index is 12.9. The van der Waals surface area contributed by atoms with E-state index in [1.807, 2.05) is 42.9 Å². The van der Waals surface area contributed by atoms with Gasteiger partial charge >= 0.3 is 0 Å². The third-order valence-electron chi connectivity index (χ3n) is 10.4. The van der Waals surface area contributed by atoms with E-state index in [4.69, 9.17) is 5.10 Å². The van der Waals surface area contributed by atoms with Crippen LogP contribution in [0.3, 0.4) is 0 Å². The predicted molar refractivity (Wildman–Crippen MR) is 137 cm³/mol. The standard InChI is InChI=1S/C30H36N2O4/c1-17-10-21-23-11-18(2)30(36,26(35)16-33)29(23,4)14-25(34)27(21)28(3)13-19-15-31-32(24(19)12-22(17)28)20-8-6-5-7-9-20/h5-10,12,15,18,21,23,25,27,33-34,36H,11,13-14,16H2,1-4H3/t18-,21?,23+,25+,27-,28+,29+,30+/m1/s1. The summed E-state index contributed by atoms with van der Waals surface area (Å²) in [6, 6.07) is 10.1. The molecule has 4 aliphatic rings. The Morgan fingerprint density at radius 3 is 2.64 bits per heavy atom. The lowest BCUT2D eigenvalue weighted by atomic mass is 9.46. The van der Waals surface area contributed by atoms with Crippen LogP contribution < -0.4 is 0 Å². The van der Waals surface area contributed by atoms with Gasteiger partial charge in [-0.3, -0.25) is 4.79 Å². The SMILES string of the molecule is CC1=CC2[C@H]([C@@H](O)C[C@@]3(C)[C@H]2C[C@@H](C)[C@]3(O)C(=O)CO)[C@@]2(C)Cc3cnn(-c4ccccc4)c3C=C12. The van der Waals surface area contributed by atoms with E-state index in [9.17, 15) is 20.1 Å². The summed E-state index contributed by atoms with van der Waals surface area (Å²) in [5.74, 6) is -0.751. The van der Waals surface area contributed by atoms with Crippen LogP contribution in [0, 0.1) is 34.5 Å². The minimum atomic E-state index is -1.63. The zero-order chi connectivity index (χ0) is 25.6. The molecule has 1 heterocycles. The number of aliphatic hydroxyl groups excluding tert-OH is 2. The van der Waals surface area contributed by atoms with Gasteiger partial charge in [0.15, 0.2) is 5.78 Å². The van der Waals surface area contributed by atoms with Crippen LogP contribution in [0.4, 0.5) is 0 Å². The number of benzene rings is 1. The fourth-order valence-electron chi connectivity index (χ4n) is 8.89. The van der Waals surface area contributed by atoms with Gasteiger partial charge in [0.25, 0.3) is 0 Å². The van der Waals surface area contributed by atoms with Crippen LogP contribution in [0.2, 0.25) is 0 Å². The summed E-state index contributed by atoms with van der Waals surface area (Å²) in [6.07, 6.45) is 7.65. The molecule has 2 aromatic rings. The molecule has 2 fully saturated rings. The van der Waals surface area contributed by atoms with Crippen molar-refractivity contribution in [1.29, 1.82) is 0 Å². The number of para-hydroxylation sites is 1. The molecular formula is C30H36N2O4. The van der Waals surface area contributed by atoms with E-state index >= 15 is 0 Å². The third-order valence-corrected chi connectivity index (χ3v) is 10.4. The monoisotopic (exact) mass is 488 g/mol. The highest BCUT2D eigenvalue weighted by Crippen LogP contribution is 2.68. The molecule has 6 heteroatoms. The third kappa shape index (κ3) is 2.84. The van der Waals surface area contributed by atoms with Crippen molar-refractivity contribution < 1.29 is 20.1 Å². The molecule has 6 nitrogen and oxygen atoms in total. The molecule has 190 valence electrons. The van der Waals surface area contributed by atoms with Gasteiger partial charge in [-0.2, -0.15) is 5.10 Å². The number of aromatic nitrogens is 2. The van der Waals surface area contributed by atoms with Crippen molar-refractivity contribution in [3.05, 3.63) is 65.0 Å². The molecule has 0 saturated heterocycles. The van der Waals surface area contributed by atoms with Crippen LogP contribution in [0.25, 0.3) is 11.8 Å². The highest BCUT2D eigenvalue weighted by Gasteiger charge is 2.70. The average Bonchev–Trinajstić information content (AvgIpc) is 3.34. The van der Waals surface area contributed by atoms with Crippen molar-refractivity contribution in [3.8, 4) is 5.69 Å². The molecule has 0 bridgehead atoms. The lowest BCUT2D eigenvalue weighted by Crippen LogP contribution is -2.62. The second-order valence-corrected chi connectivity index (χ2v) is 12.2. The van der Waals surface area contributed by atoms with Crippen LogP contribution in [-0.4, -0.2) is 49.2 Å². The zero-order valence-electron chi connectivity index (χ0n) is 21.5. The minimum Gasteiger partial charge on any atom is -0.393 e. The van der Waals surface area contributed by atoms with Gasteiger partial charge in [-0.1, -0.05) is 50.6 Å². The Labute approximate surface area is 212 Å². The normalized spacial score (nSPS) is 40.9. The Kier molecular flexibility index (Phi) is 5.12. The number of rotatable bonds is 3. The fourth-order valence-corrected chi connectivity index (χ4v) is 8.89. The first-order chi connectivity index (χ1) is 17.1. The van der Waals surface area contributed by atoms with E-state index in [-0.39, 0.29) is 29.1 Å². The molecule has 1 unspecified atom stereocenters. The van der Waals surface area contributed by atoms with Gasteiger partial charge in [0.2, 0.25) is 0 Å². The Morgan fingerprint density at radius 2 is 1.94 bits per heavy atom. The Balaban J connectivity index is 1.46. The van der Waals surface area contributed by atoms with Crippen molar-refractivity contribution in [3.63, 3.8) is 0 Å². The molecule has 4 aliphatic carbocycles. The Hall–Kier alpha value is -2.54. The molecule has 1 aromatic heterocycles. The van der Waals surface area contributed by atoms with Gasteiger partial charge in [-0.05, 0) is 73.3 Å². The Morgan fingerprint density at radius 1 is 1.22 bits per heavy atom. The number of fused-ring (bicyclic) bond motifs is 6.